The molecule has 3 aromatic rings. The summed E-state index contributed by atoms with van der Waals surface area (Å²) >= 11 is 0. The largest absolute Gasteiger partial charge is 0.416 e. The van der Waals surface area contributed by atoms with E-state index < -0.39 is 23.6 Å². The van der Waals surface area contributed by atoms with Crippen LogP contribution in [0.25, 0.3) is 11.4 Å². The number of benzene rings is 2. The molecule has 0 aliphatic rings. The molecule has 0 unspecified atom stereocenters. The Morgan fingerprint density at radius 3 is 2.52 bits per heavy atom. The van der Waals surface area contributed by atoms with Crippen LogP contribution in [0.2, 0.25) is 0 Å². The Balaban J connectivity index is 1.80. The summed E-state index contributed by atoms with van der Waals surface area (Å²) in [6.45, 7) is 3.81. The van der Waals surface area contributed by atoms with Crippen LogP contribution in [0.4, 0.5) is 17.6 Å². The van der Waals surface area contributed by atoms with Crippen molar-refractivity contribution in [2.24, 2.45) is 5.92 Å². The minimum absolute atomic E-state index is 0.00202. The fraction of sp³-hybridized carbons (Fsp3) is 0.318. The number of amides is 1. The van der Waals surface area contributed by atoms with Crippen molar-refractivity contribution in [2.45, 2.75) is 38.9 Å². The number of aromatic nitrogens is 2. The summed E-state index contributed by atoms with van der Waals surface area (Å²) in [5, 5.41) is 6.64. The maximum Gasteiger partial charge on any atom is 0.416 e. The van der Waals surface area contributed by atoms with E-state index in [4.69, 9.17) is 4.52 Å². The molecule has 31 heavy (non-hydrogen) atoms. The zero-order valence-electron chi connectivity index (χ0n) is 16.9. The minimum atomic E-state index is -4.49. The quantitative estimate of drug-likeness (QED) is 0.509. The third kappa shape index (κ3) is 5.68. The second-order valence-corrected chi connectivity index (χ2v) is 7.27. The molecule has 9 heteroatoms. The van der Waals surface area contributed by atoms with Crippen LogP contribution in [0.5, 0.6) is 0 Å². The monoisotopic (exact) mass is 435 g/mol. The van der Waals surface area contributed by atoms with Gasteiger partial charge in [-0.15, -0.1) is 0 Å². The minimum Gasteiger partial charge on any atom is -0.344 e. The Labute approximate surface area is 176 Å². The second kappa shape index (κ2) is 9.28. The van der Waals surface area contributed by atoms with Gasteiger partial charge in [0.2, 0.25) is 17.6 Å². The molecule has 164 valence electrons. The Bertz CT molecular complexity index is 1030. The normalized spacial score (nSPS) is 13.6. The zero-order valence-corrected chi connectivity index (χ0v) is 16.9. The molecule has 0 spiro atoms. The number of halogens is 4. The fourth-order valence-corrected chi connectivity index (χ4v) is 3.01. The van der Waals surface area contributed by atoms with Crippen molar-refractivity contribution in [3.8, 4) is 11.4 Å². The number of carbonyl (C=O) groups excluding carboxylic acids is 1. The van der Waals surface area contributed by atoms with Crippen LogP contribution in [0.1, 0.15) is 43.3 Å². The number of nitrogens with one attached hydrogen (secondary N) is 1. The van der Waals surface area contributed by atoms with Gasteiger partial charge in [-0.1, -0.05) is 49.7 Å². The highest BCUT2D eigenvalue weighted by atomic mass is 19.4. The van der Waals surface area contributed by atoms with Gasteiger partial charge in [0.05, 0.1) is 12.0 Å². The zero-order chi connectivity index (χ0) is 22.6. The summed E-state index contributed by atoms with van der Waals surface area (Å²) in [7, 11) is 0. The van der Waals surface area contributed by atoms with Crippen molar-refractivity contribution >= 4 is 5.91 Å². The number of hydrogen-bond donors (Lipinski definition) is 1. The van der Waals surface area contributed by atoms with Crippen molar-refractivity contribution in [3.05, 3.63) is 71.4 Å². The summed E-state index contributed by atoms with van der Waals surface area (Å²) in [6.07, 6.45) is -3.78. The van der Waals surface area contributed by atoms with Crippen LogP contribution >= 0.6 is 0 Å². The predicted octanol–water partition coefficient (Wildman–Crippen LogP) is 5.34. The average Bonchev–Trinajstić information content (AvgIpc) is 3.22. The molecule has 0 bridgehead atoms. The van der Waals surface area contributed by atoms with E-state index in [2.05, 4.69) is 15.5 Å². The van der Waals surface area contributed by atoms with Crippen LogP contribution in [0.15, 0.2) is 53.1 Å². The van der Waals surface area contributed by atoms with Gasteiger partial charge >= 0.3 is 6.18 Å². The maximum absolute atomic E-state index is 13.0. The molecule has 1 heterocycles. The van der Waals surface area contributed by atoms with Crippen molar-refractivity contribution < 1.29 is 26.9 Å². The van der Waals surface area contributed by atoms with Crippen molar-refractivity contribution in [2.75, 3.05) is 0 Å². The SMILES string of the molecule is CC[C@@H](C)[C@H](NC(=O)Cc1ccc(F)cc1)c1nc(-c2cccc(C(F)(F)F)c2)no1. The first-order chi connectivity index (χ1) is 14.7. The fourth-order valence-electron chi connectivity index (χ4n) is 3.01. The lowest BCUT2D eigenvalue weighted by molar-refractivity contribution is -0.137. The Morgan fingerprint density at radius 1 is 1.16 bits per heavy atom. The topological polar surface area (TPSA) is 68.0 Å². The molecule has 2 aromatic carbocycles. The van der Waals surface area contributed by atoms with E-state index in [-0.39, 0.29) is 35.5 Å². The van der Waals surface area contributed by atoms with Gasteiger partial charge in [0.25, 0.3) is 0 Å². The Morgan fingerprint density at radius 2 is 1.87 bits per heavy atom. The number of hydrogen-bond acceptors (Lipinski definition) is 4. The van der Waals surface area contributed by atoms with Crippen molar-refractivity contribution in [3.63, 3.8) is 0 Å². The van der Waals surface area contributed by atoms with E-state index >= 15 is 0 Å². The van der Waals surface area contributed by atoms with Gasteiger partial charge in [0.1, 0.15) is 11.9 Å². The molecule has 0 radical (unpaired) electrons. The summed E-state index contributed by atoms with van der Waals surface area (Å²) in [4.78, 5) is 16.7. The molecule has 5 nitrogen and oxygen atoms in total. The molecular weight excluding hydrogens is 414 g/mol. The van der Waals surface area contributed by atoms with Gasteiger partial charge in [-0.25, -0.2) is 4.39 Å². The summed E-state index contributed by atoms with van der Waals surface area (Å²) in [6, 6.07) is 9.59. The van der Waals surface area contributed by atoms with Gasteiger partial charge in [-0.2, -0.15) is 18.2 Å². The molecule has 0 fully saturated rings. The highest BCUT2D eigenvalue weighted by Gasteiger charge is 2.31. The maximum atomic E-state index is 13.0. The lowest BCUT2D eigenvalue weighted by atomic mass is 9.98. The molecule has 1 aromatic heterocycles. The van der Waals surface area contributed by atoms with E-state index in [0.717, 1.165) is 12.1 Å². The molecule has 0 aliphatic heterocycles. The lowest BCUT2D eigenvalue weighted by Crippen LogP contribution is -2.33. The first-order valence-electron chi connectivity index (χ1n) is 9.72. The molecule has 1 N–H and O–H groups in total. The molecule has 3 rings (SSSR count). The van der Waals surface area contributed by atoms with Crippen LogP contribution in [0.3, 0.4) is 0 Å². The second-order valence-electron chi connectivity index (χ2n) is 7.27. The summed E-state index contributed by atoms with van der Waals surface area (Å²) in [5.41, 5.74) is -0.0234. The van der Waals surface area contributed by atoms with E-state index in [1.807, 2.05) is 13.8 Å². The predicted molar refractivity (Wildman–Crippen MR) is 105 cm³/mol. The van der Waals surface area contributed by atoms with Gasteiger partial charge in [0, 0.05) is 5.56 Å². The lowest BCUT2D eigenvalue weighted by Gasteiger charge is -2.20. The molecule has 0 saturated heterocycles. The molecule has 1 amide bonds. The van der Waals surface area contributed by atoms with Crippen LogP contribution in [-0.4, -0.2) is 16.0 Å². The Hall–Kier alpha value is -3.23. The number of rotatable bonds is 7. The number of alkyl halides is 3. The Kier molecular flexibility index (Phi) is 6.72. The molecular formula is C22H21F4N3O2. The first-order valence-corrected chi connectivity index (χ1v) is 9.72. The molecule has 0 saturated carbocycles. The van der Waals surface area contributed by atoms with Gasteiger partial charge in [0.15, 0.2) is 0 Å². The smallest absolute Gasteiger partial charge is 0.344 e. The first kappa shape index (κ1) is 22.5. The standard InChI is InChI=1S/C22H21F4N3O2/c1-3-13(2)19(27-18(30)11-14-7-9-17(23)10-8-14)21-28-20(29-31-21)15-5-4-6-16(12-15)22(24,25)26/h4-10,12-13,19H,3,11H2,1-2H3,(H,27,30)/t13-,19+/m1/s1. The van der Waals surface area contributed by atoms with Crippen LogP contribution < -0.4 is 5.32 Å². The van der Waals surface area contributed by atoms with Crippen LogP contribution in [0, 0.1) is 11.7 Å². The average molecular weight is 435 g/mol. The van der Waals surface area contributed by atoms with E-state index in [1.54, 1.807) is 0 Å². The number of nitrogens with zero attached hydrogens (tertiary/aromatic N) is 2. The van der Waals surface area contributed by atoms with E-state index in [1.165, 1.54) is 36.4 Å². The molecule has 2 atom stereocenters. The van der Waals surface area contributed by atoms with E-state index in [9.17, 15) is 22.4 Å². The van der Waals surface area contributed by atoms with Gasteiger partial charge in [-0.05, 0) is 35.7 Å². The third-order valence-corrected chi connectivity index (χ3v) is 4.96. The van der Waals surface area contributed by atoms with Gasteiger partial charge < -0.3 is 9.84 Å². The van der Waals surface area contributed by atoms with Crippen molar-refractivity contribution in [1.29, 1.82) is 0 Å². The highest BCUT2D eigenvalue weighted by molar-refractivity contribution is 5.79. The summed E-state index contributed by atoms with van der Waals surface area (Å²) in [5.74, 6) is -0.686. The summed E-state index contributed by atoms with van der Waals surface area (Å²) < 4.78 is 57.3. The molecule has 0 aliphatic carbocycles. The third-order valence-electron chi connectivity index (χ3n) is 4.96. The van der Waals surface area contributed by atoms with Crippen LogP contribution in [-0.2, 0) is 17.4 Å². The van der Waals surface area contributed by atoms with Gasteiger partial charge in [-0.3, -0.25) is 4.79 Å². The van der Waals surface area contributed by atoms with Crippen molar-refractivity contribution in [1.82, 2.24) is 15.5 Å². The van der Waals surface area contributed by atoms with E-state index in [0.29, 0.717) is 12.0 Å². The highest BCUT2D eigenvalue weighted by Crippen LogP contribution is 2.32. The number of carbonyl (C=O) groups is 1.